The summed E-state index contributed by atoms with van der Waals surface area (Å²) < 4.78 is 28.8. The van der Waals surface area contributed by atoms with Gasteiger partial charge in [0.1, 0.15) is 5.75 Å². The van der Waals surface area contributed by atoms with Crippen LogP contribution >= 0.6 is 0 Å². The van der Waals surface area contributed by atoms with Crippen LogP contribution in [0.4, 0.5) is 8.78 Å². The summed E-state index contributed by atoms with van der Waals surface area (Å²) in [5, 5.41) is 8.54. The number of nitrogens with zero attached hydrogens (tertiary/aromatic N) is 1. The van der Waals surface area contributed by atoms with Crippen LogP contribution in [0.25, 0.3) is 0 Å². The van der Waals surface area contributed by atoms with Crippen LogP contribution < -0.4 is 4.74 Å². The first kappa shape index (κ1) is 15.9. The highest BCUT2D eigenvalue weighted by Gasteiger charge is 2.15. The van der Waals surface area contributed by atoms with Crippen molar-refractivity contribution in [1.29, 1.82) is 0 Å². The fraction of sp³-hybridized carbons (Fsp3) is 0.385. The Kier molecular flexibility index (Phi) is 5.89. The molecule has 0 saturated heterocycles. The van der Waals surface area contributed by atoms with Gasteiger partial charge in [-0.1, -0.05) is 18.2 Å². The van der Waals surface area contributed by atoms with Crippen LogP contribution in [0.1, 0.15) is 12.0 Å². The summed E-state index contributed by atoms with van der Waals surface area (Å²) in [5.74, 6) is -1.43. The van der Waals surface area contributed by atoms with Crippen LogP contribution in [0, 0.1) is 0 Å². The third-order valence-electron chi connectivity index (χ3n) is 2.62. The molecule has 0 aliphatic carbocycles. The fourth-order valence-electron chi connectivity index (χ4n) is 1.55. The first-order chi connectivity index (χ1) is 9.40. The first-order valence-electron chi connectivity index (χ1n) is 5.88. The lowest BCUT2D eigenvalue weighted by atomic mass is 10.1. The highest BCUT2D eigenvalue weighted by Crippen LogP contribution is 2.21. The number of likely N-dealkylation sites (N-methyl/N-ethyl adjacent to an activating group) is 1. The number of halogens is 2. The number of carboxylic acids is 1. The molecule has 7 heteroatoms. The Balaban J connectivity index is 2.67. The average Bonchev–Trinajstić information content (AvgIpc) is 2.37. The van der Waals surface area contributed by atoms with E-state index in [-0.39, 0.29) is 31.0 Å². The standard InChI is InChI=1S/C13H15F2NO4/c1-16(7-6-12(18)19)11(17)8-9-4-2-3-5-10(9)20-13(14)15/h2-5,13H,6-8H2,1H3,(H,18,19). The number of carboxylic acid groups (broad SMARTS) is 1. The van der Waals surface area contributed by atoms with Crippen LogP contribution in [0.5, 0.6) is 5.75 Å². The van der Waals surface area contributed by atoms with Crippen LogP contribution in [0.3, 0.4) is 0 Å². The van der Waals surface area contributed by atoms with Gasteiger partial charge in [0.25, 0.3) is 0 Å². The molecule has 0 fully saturated rings. The van der Waals surface area contributed by atoms with E-state index in [1.165, 1.54) is 30.1 Å². The lowest BCUT2D eigenvalue weighted by molar-refractivity contribution is -0.138. The van der Waals surface area contributed by atoms with Gasteiger partial charge in [-0.2, -0.15) is 8.78 Å². The van der Waals surface area contributed by atoms with E-state index in [0.717, 1.165) is 0 Å². The summed E-state index contributed by atoms with van der Waals surface area (Å²) in [6.07, 6.45) is -0.295. The maximum absolute atomic E-state index is 12.2. The molecule has 110 valence electrons. The van der Waals surface area contributed by atoms with Gasteiger partial charge in [0, 0.05) is 19.2 Å². The number of hydrogen-bond donors (Lipinski definition) is 1. The number of aliphatic carboxylic acids is 1. The normalized spacial score (nSPS) is 10.4. The van der Waals surface area contributed by atoms with Gasteiger partial charge >= 0.3 is 12.6 Å². The second-order valence-electron chi connectivity index (χ2n) is 4.12. The van der Waals surface area contributed by atoms with E-state index in [4.69, 9.17) is 5.11 Å². The molecule has 0 aliphatic rings. The second-order valence-corrected chi connectivity index (χ2v) is 4.12. The molecule has 0 unspecified atom stereocenters. The highest BCUT2D eigenvalue weighted by atomic mass is 19.3. The summed E-state index contributed by atoms with van der Waals surface area (Å²) >= 11 is 0. The van der Waals surface area contributed by atoms with Gasteiger partial charge in [0.05, 0.1) is 12.8 Å². The van der Waals surface area contributed by atoms with E-state index in [1.54, 1.807) is 6.07 Å². The topological polar surface area (TPSA) is 66.8 Å². The van der Waals surface area contributed by atoms with Crippen LogP contribution in [-0.2, 0) is 16.0 Å². The number of ether oxygens (including phenoxy) is 1. The van der Waals surface area contributed by atoms with Gasteiger partial charge in [-0.05, 0) is 6.07 Å². The minimum Gasteiger partial charge on any atom is -0.481 e. The third-order valence-corrected chi connectivity index (χ3v) is 2.62. The van der Waals surface area contributed by atoms with Gasteiger partial charge in [-0.15, -0.1) is 0 Å². The monoisotopic (exact) mass is 287 g/mol. The molecule has 0 radical (unpaired) electrons. The largest absolute Gasteiger partial charge is 0.481 e. The Morgan fingerprint density at radius 2 is 2.00 bits per heavy atom. The molecule has 1 aromatic rings. The zero-order valence-electron chi connectivity index (χ0n) is 10.9. The van der Waals surface area contributed by atoms with Gasteiger partial charge in [0.2, 0.25) is 5.91 Å². The highest BCUT2D eigenvalue weighted by molar-refractivity contribution is 5.79. The summed E-state index contributed by atoms with van der Waals surface area (Å²) in [4.78, 5) is 23.5. The summed E-state index contributed by atoms with van der Waals surface area (Å²) in [7, 11) is 1.46. The number of hydrogen-bond acceptors (Lipinski definition) is 3. The molecular weight excluding hydrogens is 272 g/mol. The van der Waals surface area contributed by atoms with Gasteiger partial charge in [-0.25, -0.2) is 0 Å². The van der Waals surface area contributed by atoms with Crippen molar-refractivity contribution in [1.82, 2.24) is 4.90 Å². The molecule has 0 heterocycles. The number of benzene rings is 1. The quantitative estimate of drug-likeness (QED) is 0.830. The molecule has 0 aliphatic heterocycles. The van der Waals surface area contributed by atoms with Crippen molar-refractivity contribution in [2.24, 2.45) is 0 Å². The molecule has 0 bridgehead atoms. The van der Waals surface area contributed by atoms with Crippen molar-refractivity contribution in [3.8, 4) is 5.75 Å². The van der Waals surface area contributed by atoms with E-state index in [0.29, 0.717) is 5.56 Å². The summed E-state index contributed by atoms with van der Waals surface area (Å²) in [6.45, 7) is -2.90. The number of amides is 1. The van der Waals surface area contributed by atoms with Crippen molar-refractivity contribution in [3.63, 3.8) is 0 Å². The van der Waals surface area contributed by atoms with E-state index in [2.05, 4.69) is 4.74 Å². The van der Waals surface area contributed by atoms with E-state index in [1.807, 2.05) is 0 Å². The second kappa shape index (κ2) is 7.42. The Morgan fingerprint density at radius 1 is 1.35 bits per heavy atom. The number of para-hydroxylation sites is 1. The van der Waals surface area contributed by atoms with E-state index >= 15 is 0 Å². The molecule has 1 aromatic carbocycles. The van der Waals surface area contributed by atoms with Crippen molar-refractivity contribution < 1.29 is 28.2 Å². The smallest absolute Gasteiger partial charge is 0.387 e. The molecule has 20 heavy (non-hydrogen) atoms. The molecule has 0 saturated carbocycles. The summed E-state index contributed by atoms with van der Waals surface area (Å²) in [6, 6.07) is 6.00. The van der Waals surface area contributed by atoms with Gasteiger partial charge in [-0.3, -0.25) is 9.59 Å². The van der Waals surface area contributed by atoms with Crippen molar-refractivity contribution in [3.05, 3.63) is 29.8 Å². The molecule has 1 rings (SSSR count). The lowest BCUT2D eigenvalue weighted by Gasteiger charge is -2.17. The van der Waals surface area contributed by atoms with E-state index in [9.17, 15) is 18.4 Å². The lowest BCUT2D eigenvalue weighted by Crippen LogP contribution is -2.30. The first-order valence-corrected chi connectivity index (χ1v) is 5.88. The maximum Gasteiger partial charge on any atom is 0.387 e. The Hall–Kier alpha value is -2.18. The van der Waals surface area contributed by atoms with E-state index < -0.39 is 12.6 Å². The minimum atomic E-state index is -2.96. The molecule has 5 nitrogen and oxygen atoms in total. The minimum absolute atomic E-state index is 0.0533. The predicted molar refractivity (Wildman–Crippen MR) is 66.7 cm³/mol. The Morgan fingerprint density at radius 3 is 2.60 bits per heavy atom. The maximum atomic E-state index is 12.2. The number of alkyl halides is 2. The Labute approximate surface area is 114 Å². The van der Waals surface area contributed by atoms with Crippen molar-refractivity contribution >= 4 is 11.9 Å². The van der Waals surface area contributed by atoms with Crippen molar-refractivity contribution in [2.75, 3.05) is 13.6 Å². The molecule has 1 amide bonds. The average molecular weight is 287 g/mol. The number of carbonyl (C=O) groups excluding carboxylic acids is 1. The predicted octanol–water partition coefficient (Wildman–Crippen LogP) is 1.76. The van der Waals surface area contributed by atoms with Crippen molar-refractivity contribution in [2.45, 2.75) is 19.5 Å². The molecule has 0 spiro atoms. The molecule has 0 atom stereocenters. The SMILES string of the molecule is CN(CCC(=O)O)C(=O)Cc1ccccc1OC(F)F. The third kappa shape index (κ3) is 5.21. The van der Waals surface area contributed by atoms with Crippen LogP contribution in [-0.4, -0.2) is 42.1 Å². The Bertz CT molecular complexity index is 479. The number of rotatable bonds is 7. The zero-order chi connectivity index (χ0) is 15.1. The fourth-order valence-corrected chi connectivity index (χ4v) is 1.55. The van der Waals surface area contributed by atoms with Crippen LogP contribution in [0.2, 0.25) is 0 Å². The summed E-state index contributed by atoms with van der Waals surface area (Å²) in [5.41, 5.74) is 0.333. The number of carbonyl (C=O) groups is 2. The van der Waals surface area contributed by atoms with Gasteiger partial charge < -0.3 is 14.7 Å². The van der Waals surface area contributed by atoms with Gasteiger partial charge in [0.15, 0.2) is 0 Å². The zero-order valence-corrected chi connectivity index (χ0v) is 10.9. The van der Waals surface area contributed by atoms with Crippen LogP contribution in [0.15, 0.2) is 24.3 Å². The molecular formula is C13H15F2NO4. The molecule has 0 aromatic heterocycles. The molecule has 1 N–H and O–H groups in total.